The van der Waals surface area contributed by atoms with Gasteiger partial charge >= 0.3 is 0 Å². The minimum atomic E-state index is -1.92. The molecule has 202 valence electrons. The SMILES string of the molecule is [2H]C([2H])(c1cc(-c2c(C)ccc3c2oc2c(-c4cccc(-c5ccccc5)c4)c(C#N)ccc23)[n+](C)cc1F)C(C)(C)C. The summed E-state index contributed by atoms with van der Waals surface area (Å²) < 4.78 is 41.3. The molecule has 3 nitrogen and oxygen atoms in total. The second-order valence-electron chi connectivity index (χ2n) is 11.6. The van der Waals surface area contributed by atoms with E-state index in [1.165, 1.54) is 6.20 Å². The van der Waals surface area contributed by atoms with Gasteiger partial charge in [-0.05, 0) is 59.2 Å². The van der Waals surface area contributed by atoms with Crippen molar-refractivity contribution in [3.05, 3.63) is 114 Å². The van der Waals surface area contributed by atoms with Crippen LogP contribution >= 0.6 is 0 Å². The molecule has 0 aliphatic heterocycles. The molecule has 0 amide bonds. The Morgan fingerprint density at radius 1 is 0.854 bits per heavy atom. The fourth-order valence-corrected chi connectivity index (χ4v) is 5.55. The molecule has 4 heteroatoms. The van der Waals surface area contributed by atoms with Gasteiger partial charge in [0.05, 0.1) is 17.2 Å². The maximum atomic E-state index is 15.3. The van der Waals surface area contributed by atoms with Crippen LogP contribution in [0.25, 0.3) is 55.4 Å². The highest BCUT2D eigenvalue weighted by molar-refractivity contribution is 6.14. The third-order valence-electron chi connectivity index (χ3n) is 7.39. The van der Waals surface area contributed by atoms with Crippen LogP contribution in [0.2, 0.25) is 0 Å². The molecule has 6 aromatic rings. The fourth-order valence-electron chi connectivity index (χ4n) is 5.55. The van der Waals surface area contributed by atoms with E-state index in [2.05, 4.69) is 24.3 Å². The molecule has 0 saturated heterocycles. The van der Waals surface area contributed by atoms with E-state index < -0.39 is 17.6 Å². The summed E-state index contributed by atoms with van der Waals surface area (Å²) in [5.41, 5.74) is 6.87. The second kappa shape index (κ2) is 10.0. The van der Waals surface area contributed by atoms with Crippen LogP contribution in [0.5, 0.6) is 0 Å². The van der Waals surface area contributed by atoms with Crippen LogP contribution in [-0.2, 0) is 13.4 Å². The molecule has 0 N–H and O–H groups in total. The van der Waals surface area contributed by atoms with Crippen molar-refractivity contribution in [3.8, 4) is 39.6 Å². The number of rotatable bonds is 4. The Morgan fingerprint density at radius 3 is 2.22 bits per heavy atom. The van der Waals surface area contributed by atoms with Gasteiger partial charge in [-0.2, -0.15) is 9.83 Å². The van der Waals surface area contributed by atoms with Crippen LogP contribution in [0.3, 0.4) is 0 Å². The summed E-state index contributed by atoms with van der Waals surface area (Å²) >= 11 is 0. The van der Waals surface area contributed by atoms with Crippen LogP contribution in [0, 0.1) is 29.5 Å². The number of nitriles is 1. The van der Waals surface area contributed by atoms with Gasteiger partial charge in [-0.1, -0.05) is 81.4 Å². The van der Waals surface area contributed by atoms with Gasteiger partial charge in [0, 0.05) is 30.7 Å². The van der Waals surface area contributed by atoms with Gasteiger partial charge in [0.1, 0.15) is 18.2 Å². The number of nitrogens with zero attached hydrogens (tertiary/aromatic N) is 2. The van der Waals surface area contributed by atoms with E-state index in [9.17, 15) is 5.26 Å². The number of pyridine rings is 1. The van der Waals surface area contributed by atoms with E-state index in [0.29, 0.717) is 28.0 Å². The molecule has 0 aliphatic rings. The van der Waals surface area contributed by atoms with Crippen molar-refractivity contribution >= 4 is 21.9 Å². The molecule has 0 spiro atoms. The van der Waals surface area contributed by atoms with Crippen LogP contribution in [0.1, 0.15) is 40.2 Å². The standard InChI is InChI=1S/C37H32FN2O/c1-23-14-16-29-30-17-15-27(21-39)34(26-13-9-12-25(18-26)24-10-7-6-8-11-24)36(30)41-35(29)33(23)32-19-28(20-37(2,3)4)31(38)22-40(32)5/h6-19,22H,20H2,1-5H3/q+1/i20D2. The first-order chi connectivity index (χ1) is 20.4. The van der Waals surface area contributed by atoms with Gasteiger partial charge in [-0.15, -0.1) is 0 Å². The van der Waals surface area contributed by atoms with Gasteiger partial charge in [0.15, 0.2) is 5.82 Å². The van der Waals surface area contributed by atoms with Gasteiger partial charge < -0.3 is 4.42 Å². The molecule has 0 saturated carbocycles. The first-order valence-corrected chi connectivity index (χ1v) is 13.7. The van der Waals surface area contributed by atoms with E-state index >= 15 is 4.39 Å². The van der Waals surface area contributed by atoms with Crippen molar-refractivity contribution in [2.45, 2.75) is 34.1 Å². The molecule has 2 aromatic heterocycles. The number of benzene rings is 4. The summed E-state index contributed by atoms with van der Waals surface area (Å²) in [6.45, 7) is 7.27. The number of aryl methyl sites for hydroxylation is 2. The monoisotopic (exact) mass is 541 g/mol. The first-order valence-electron chi connectivity index (χ1n) is 14.7. The average molecular weight is 542 g/mol. The van der Waals surface area contributed by atoms with Crippen molar-refractivity contribution in [2.75, 3.05) is 0 Å². The van der Waals surface area contributed by atoms with Crippen LogP contribution in [0.4, 0.5) is 4.39 Å². The highest BCUT2D eigenvalue weighted by Crippen LogP contribution is 2.42. The maximum Gasteiger partial charge on any atom is 0.216 e. The lowest BCUT2D eigenvalue weighted by Crippen LogP contribution is -2.32. The Kier molecular flexibility index (Phi) is 5.88. The molecule has 4 aromatic carbocycles. The summed E-state index contributed by atoms with van der Waals surface area (Å²) in [7, 11) is 1.75. The average Bonchev–Trinajstić information content (AvgIpc) is 3.35. The maximum absolute atomic E-state index is 15.3. The predicted molar refractivity (Wildman–Crippen MR) is 164 cm³/mol. The van der Waals surface area contributed by atoms with Crippen molar-refractivity contribution in [2.24, 2.45) is 12.5 Å². The number of halogens is 1. The lowest BCUT2D eigenvalue weighted by molar-refractivity contribution is -0.662. The molecular formula is C37H32FN2O+. The molecule has 0 fully saturated rings. The molecule has 0 atom stereocenters. The Morgan fingerprint density at radius 2 is 1.51 bits per heavy atom. The number of hydrogen-bond donors (Lipinski definition) is 0. The highest BCUT2D eigenvalue weighted by atomic mass is 19.1. The van der Waals surface area contributed by atoms with Crippen molar-refractivity contribution < 1.29 is 16.1 Å². The Labute approximate surface area is 242 Å². The Hall–Kier alpha value is -4.75. The highest BCUT2D eigenvalue weighted by Gasteiger charge is 2.26. The summed E-state index contributed by atoms with van der Waals surface area (Å²) in [5, 5.41) is 11.9. The molecule has 0 radical (unpaired) electrons. The topological polar surface area (TPSA) is 40.8 Å². The molecule has 6 rings (SSSR count). The third kappa shape index (κ3) is 4.78. The summed E-state index contributed by atoms with van der Waals surface area (Å²) in [6.07, 6.45) is -0.585. The van der Waals surface area contributed by atoms with E-state index in [-0.39, 0.29) is 5.56 Å². The molecule has 0 bridgehead atoms. The summed E-state index contributed by atoms with van der Waals surface area (Å²) in [5.74, 6) is -0.597. The Balaban J connectivity index is 1.64. The van der Waals surface area contributed by atoms with Gasteiger partial charge in [-0.25, -0.2) is 4.39 Å². The molecule has 41 heavy (non-hydrogen) atoms. The number of furan rings is 1. The third-order valence-corrected chi connectivity index (χ3v) is 7.39. The van der Waals surface area contributed by atoms with Crippen molar-refractivity contribution in [3.63, 3.8) is 0 Å². The zero-order valence-electron chi connectivity index (χ0n) is 25.8. The predicted octanol–water partition coefficient (Wildman–Crippen LogP) is 9.32. The molecule has 0 unspecified atom stereocenters. The number of fused-ring (bicyclic) bond motifs is 3. The van der Waals surface area contributed by atoms with Crippen LogP contribution in [-0.4, -0.2) is 0 Å². The lowest BCUT2D eigenvalue weighted by Gasteiger charge is -2.18. The van der Waals surface area contributed by atoms with E-state index in [0.717, 1.165) is 38.6 Å². The minimum absolute atomic E-state index is 0.00537. The zero-order chi connectivity index (χ0) is 30.7. The van der Waals surface area contributed by atoms with Crippen LogP contribution < -0.4 is 4.57 Å². The normalized spacial score (nSPS) is 12.8. The van der Waals surface area contributed by atoms with E-state index in [4.69, 9.17) is 7.16 Å². The quantitative estimate of drug-likeness (QED) is 0.209. The molecular weight excluding hydrogens is 507 g/mol. The molecule has 2 heterocycles. The second-order valence-corrected chi connectivity index (χ2v) is 11.6. The lowest BCUT2D eigenvalue weighted by atomic mass is 9.87. The first kappa shape index (κ1) is 24.1. The summed E-state index contributed by atoms with van der Waals surface area (Å²) in [4.78, 5) is 0. The van der Waals surface area contributed by atoms with Gasteiger partial charge in [0.25, 0.3) is 0 Å². The summed E-state index contributed by atoms with van der Waals surface area (Å²) in [6, 6.07) is 29.9. The minimum Gasteiger partial charge on any atom is -0.454 e. The van der Waals surface area contributed by atoms with Crippen molar-refractivity contribution in [1.82, 2.24) is 0 Å². The molecule has 0 aliphatic carbocycles. The van der Waals surface area contributed by atoms with E-state index in [1.54, 1.807) is 38.5 Å². The van der Waals surface area contributed by atoms with Crippen LogP contribution in [0.15, 0.2) is 95.5 Å². The van der Waals surface area contributed by atoms with E-state index in [1.807, 2.05) is 67.6 Å². The largest absolute Gasteiger partial charge is 0.454 e. The Bertz CT molecular complexity index is 2080. The smallest absolute Gasteiger partial charge is 0.216 e. The number of hydrogen-bond acceptors (Lipinski definition) is 2. The fraction of sp³-hybridized carbons (Fsp3) is 0.189. The van der Waals surface area contributed by atoms with Gasteiger partial charge in [0.2, 0.25) is 11.9 Å². The zero-order valence-corrected chi connectivity index (χ0v) is 23.8. The van der Waals surface area contributed by atoms with Gasteiger partial charge in [-0.3, -0.25) is 0 Å². The number of aromatic nitrogens is 1. The van der Waals surface area contributed by atoms with Crippen molar-refractivity contribution in [1.29, 1.82) is 5.26 Å².